The van der Waals surface area contributed by atoms with E-state index < -0.39 is 122 Å². The van der Waals surface area contributed by atoms with Crippen LogP contribution in [0.25, 0.3) is 0 Å². The third kappa shape index (κ3) is 17.7. The van der Waals surface area contributed by atoms with Crippen LogP contribution in [0.5, 0.6) is 0 Å². The van der Waals surface area contributed by atoms with Gasteiger partial charge in [0.25, 0.3) is 23.6 Å². The summed E-state index contributed by atoms with van der Waals surface area (Å²) >= 11 is 0. The van der Waals surface area contributed by atoms with Gasteiger partial charge in [-0.05, 0) is 112 Å². The molecule has 2 aromatic carbocycles. The number of hydrogen-bond acceptors (Lipinski definition) is 14. The molecule has 5 aliphatic rings. The first-order valence-electron chi connectivity index (χ1n) is 28.5. The zero-order valence-electron chi connectivity index (χ0n) is 47.9. The highest BCUT2D eigenvalue weighted by Gasteiger charge is 2.44. The predicted molar refractivity (Wildman–Crippen MR) is 289 cm³/mol. The zero-order valence-corrected chi connectivity index (χ0v) is 47.9. The Bertz CT molecular complexity index is 2440. The summed E-state index contributed by atoms with van der Waals surface area (Å²) in [4.78, 5) is 105. The summed E-state index contributed by atoms with van der Waals surface area (Å²) in [5, 5.41) is 12.0. The number of halogens is 2. The maximum absolute atomic E-state index is 15.8. The van der Waals surface area contributed by atoms with Crippen molar-refractivity contribution in [1.82, 2.24) is 19.6 Å². The van der Waals surface area contributed by atoms with Gasteiger partial charge in [0.15, 0.2) is 25.6 Å². The number of ether oxygens (including phenoxy) is 6. The summed E-state index contributed by atoms with van der Waals surface area (Å²) in [7, 11) is 5.24. The number of benzene rings is 2. The Kier molecular flexibility index (Phi) is 21.3. The molecule has 5 fully saturated rings. The van der Waals surface area contributed by atoms with Crippen molar-refractivity contribution in [3.8, 4) is 0 Å². The molecule has 0 spiro atoms. The molecule has 18 nitrogen and oxygen atoms in total. The van der Waals surface area contributed by atoms with Crippen LogP contribution in [0.4, 0.5) is 8.78 Å². The molecule has 442 valence electrons. The molecule has 2 aliphatic carbocycles. The lowest BCUT2D eigenvalue weighted by molar-refractivity contribution is -0.194. The first-order chi connectivity index (χ1) is 37.8. The van der Waals surface area contributed by atoms with E-state index in [1.165, 1.54) is 55.9 Å². The number of rotatable bonds is 14. The second kappa shape index (κ2) is 27.5. The number of carbonyl (C=O) groups is 7. The molecule has 3 heterocycles. The molecule has 3 aliphatic heterocycles. The molecule has 0 bridgehead atoms. The summed E-state index contributed by atoms with van der Waals surface area (Å²) in [6, 6.07) is 9.41. The Morgan fingerprint density at radius 2 is 0.912 bits per heavy atom. The molecule has 4 amide bonds. The van der Waals surface area contributed by atoms with Crippen LogP contribution in [0.15, 0.2) is 48.5 Å². The molecule has 0 radical (unpaired) electrons. The first kappa shape index (κ1) is 62.0. The quantitative estimate of drug-likeness (QED) is 0.166. The highest BCUT2D eigenvalue weighted by Crippen LogP contribution is 2.37. The van der Waals surface area contributed by atoms with Gasteiger partial charge in [0, 0.05) is 80.3 Å². The van der Waals surface area contributed by atoms with Gasteiger partial charge in [-0.25, -0.2) is 23.2 Å². The van der Waals surface area contributed by atoms with Gasteiger partial charge < -0.3 is 53.1 Å². The van der Waals surface area contributed by atoms with E-state index in [0.29, 0.717) is 37.6 Å². The molecule has 2 saturated carbocycles. The number of aliphatic hydroxyl groups is 1. The minimum atomic E-state index is -2.07. The monoisotopic (exact) mass is 1120 g/mol. The topological polar surface area (TPSA) is 208 Å². The van der Waals surface area contributed by atoms with Gasteiger partial charge in [-0.3, -0.25) is 19.2 Å². The van der Waals surface area contributed by atoms with Gasteiger partial charge in [-0.2, -0.15) is 0 Å². The third-order valence-corrected chi connectivity index (χ3v) is 16.4. The van der Waals surface area contributed by atoms with Crippen molar-refractivity contribution in [2.45, 2.75) is 183 Å². The van der Waals surface area contributed by atoms with E-state index in [1.807, 2.05) is 48.5 Å². The van der Waals surface area contributed by atoms with E-state index in [0.717, 1.165) is 82.1 Å². The van der Waals surface area contributed by atoms with Crippen molar-refractivity contribution in [2.24, 2.45) is 11.8 Å². The lowest BCUT2D eigenvalue weighted by Gasteiger charge is -2.37. The van der Waals surface area contributed by atoms with Crippen LogP contribution in [0.3, 0.4) is 0 Å². The fourth-order valence-corrected chi connectivity index (χ4v) is 10.9. The summed E-state index contributed by atoms with van der Waals surface area (Å²) < 4.78 is 66.3. The summed E-state index contributed by atoms with van der Waals surface area (Å²) in [5.41, 5.74) is -0.726. The standard InChI is InChI=1S/C60H84F2N4O14/c1-59(2,61)33-47-57(73)79-49(31-39-13-17-41(18-14-39)43-21-25-75-26-22-43)53(69)65(7)46(30-38-11-12-38)56(72)78-36-52(68)64(6)48(34-60(3,4)62)58(74)80-50(32-40-15-19-42(20-16-40)44-23-27-76-28-24-44)54(70)66(8)45(29-37-9-10-37)55(71)77-35-51(67)63(47)5/h13-20,37-38,43-50,57,73H,9-12,21-36H2,1-8H3/t45-,46-,47-,48-,49+,50+,57?/m0/s1. The molecule has 20 heteroatoms. The fourth-order valence-electron chi connectivity index (χ4n) is 10.9. The zero-order chi connectivity index (χ0) is 58.1. The predicted octanol–water partition coefficient (Wildman–Crippen LogP) is 6.16. The Labute approximate surface area is 469 Å². The molecular formula is C60H84F2N4O14. The third-order valence-electron chi connectivity index (χ3n) is 16.4. The number of cyclic esters (lactones) is 3. The number of alkyl halides is 2. The average molecular weight is 1120 g/mol. The molecule has 1 N–H and O–H groups in total. The SMILES string of the molecule is CN1C(=O)COC(=O)[C@H](CC2CC2)N(C)C(=O)[C@@H](Cc2ccc(C3CCOCC3)cc2)OC(O)[C@H](CC(C)(C)F)N(C)C(=O)COC(=O)[C@H](CC2CC2)N(C)C(=O)[C@@H](Cc2ccc(C3CCOCC3)cc2)OC(=O)[C@@H]1CC(C)(C)F. The first-order valence-corrected chi connectivity index (χ1v) is 28.5. The van der Waals surface area contributed by atoms with Gasteiger partial charge in [0.1, 0.15) is 35.6 Å². The molecule has 0 aromatic heterocycles. The molecule has 2 aromatic rings. The number of nitrogens with zero attached hydrogens (tertiary/aromatic N) is 4. The molecule has 1 unspecified atom stereocenters. The maximum Gasteiger partial charge on any atom is 0.329 e. The number of hydrogen-bond donors (Lipinski definition) is 1. The summed E-state index contributed by atoms with van der Waals surface area (Å²) in [5.74, 6) is -5.84. The average Bonchev–Trinajstić information content (AvgIpc) is 4.42. The van der Waals surface area contributed by atoms with Crippen molar-refractivity contribution >= 4 is 41.5 Å². The van der Waals surface area contributed by atoms with Crippen molar-refractivity contribution in [3.05, 3.63) is 70.8 Å². The normalized spacial score (nSPS) is 27.2. The second-order valence-electron chi connectivity index (χ2n) is 24.0. The highest BCUT2D eigenvalue weighted by atomic mass is 19.1. The minimum absolute atomic E-state index is 0.0174. The van der Waals surface area contributed by atoms with Crippen LogP contribution < -0.4 is 0 Å². The second-order valence-corrected chi connectivity index (χ2v) is 24.0. The van der Waals surface area contributed by atoms with Crippen molar-refractivity contribution < 1.29 is 75.9 Å². The van der Waals surface area contributed by atoms with E-state index in [2.05, 4.69) is 0 Å². The van der Waals surface area contributed by atoms with Crippen molar-refractivity contribution in [3.63, 3.8) is 0 Å². The molecule has 7 rings (SSSR count). The van der Waals surface area contributed by atoms with Gasteiger partial charge in [-0.15, -0.1) is 0 Å². The number of carbonyl (C=O) groups excluding carboxylic acids is 7. The maximum atomic E-state index is 15.8. The van der Waals surface area contributed by atoms with Crippen LogP contribution >= 0.6 is 0 Å². The van der Waals surface area contributed by atoms with E-state index in [1.54, 1.807) is 0 Å². The van der Waals surface area contributed by atoms with Crippen molar-refractivity contribution in [1.29, 1.82) is 0 Å². The molecule has 80 heavy (non-hydrogen) atoms. The van der Waals surface area contributed by atoms with Gasteiger partial charge in [0.2, 0.25) is 0 Å². The van der Waals surface area contributed by atoms with Gasteiger partial charge >= 0.3 is 17.9 Å². The summed E-state index contributed by atoms with van der Waals surface area (Å²) in [6.07, 6.45) is 0.0651. The van der Waals surface area contributed by atoms with Crippen LogP contribution in [0, 0.1) is 11.8 Å². The Morgan fingerprint density at radius 1 is 0.512 bits per heavy atom. The van der Waals surface area contributed by atoms with Gasteiger partial charge in [-0.1, -0.05) is 74.2 Å². The minimum Gasteiger partial charge on any atom is -0.454 e. The number of esters is 3. The van der Waals surface area contributed by atoms with Gasteiger partial charge in [0.05, 0.1) is 6.04 Å². The smallest absolute Gasteiger partial charge is 0.329 e. The van der Waals surface area contributed by atoms with Crippen LogP contribution in [-0.2, 0) is 74.8 Å². The Hall–Kier alpha value is -5.57. The number of amides is 4. The van der Waals surface area contributed by atoms with Crippen LogP contribution in [-0.4, -0.2) is 188 Å². The Morgan fingerprint density at radius 3 is 1.32 bits per heavy atom. The number of aliphatic hydroxyl groups excluding tert-OH is 1. The lowest BCUT2D eigenvalue weighted by Crippen LogP contribution is -2.54. The lowest BCUT2D eigenvalue weighted by atomic mass is 9.90. The largest absolute Gasteiger partial charge is 0.454 e. The van der Waals surface area contributed by atoms with E-state index in [9.17, 15) is 38.7 Å². The number of likely N-dealkylation sites (N-methyl/N-ethyl adjacent to an activating group) is 4. The van der Waals surface area contributed by atoms with Crippen molar-refractivity contribution in [2.75, 3.05) is 67.8 Å². The van der Waals surface area contributed by atoms with Crippen LogP contribution in [0.1, 0.15) is 139 Å². The van der Waals surface area contributed by atoms with Crippen LogP contribution in [0.2, 0.25) is 0 Å². The molecule has 7 atom stereocenters. The van der Waals surface area contributed by atoms with E-state index in [4.69, 9.17) is 28.4 Å². The van der Waals surface area contributed by atoms with E-state index >= 15 is 8.78 Å². The molecular weight excluding hydrogens is 1040 g/mol. The fraction of sp³-hybridized carbons (Fsp3) is 0.683. The molecule has 3 saturated heterocycles. The van der Waals surface area contributed by atoms with E-state index in [-0.39, 0.29) is 49.4 Å². The highest BCUT2D eigenvalue weighted by molar-refractivity contribution is 5.92. The Balaban J connectivity index is 1.23. The summed E-state index contributed by atoms with van der Waals surface area (Å²) in [6.45, 7) is 5.62.